The highest BCUT2D eigenvalue weighted by Gasteiger charge is 2.10. The van der Waals surface area contributed by atoms with Crippen molar-refractivity contribution in [2.45, 2.75) is 27.1 Å². The molecule has 0 aromatic heterocycles. The van der Waals surface area contributed by atoms with Crippen LogP contribution in [-0.4, -0.2) is 20.0 Å². The van der Waals surface area contributed by atoms with Crippen molar-refractivity contribution in [3.63, 3.8) is 0 Å². The Morgan fingerprint density at radius 3 is 2.59 bits per heavy atom. The molecule has 0 fully saturated rings. The molecule has 1 aromatic carbocycles. The van der Waals surface area contributed by atoms with E-state index < -0.39 is 0 Å². The zero-order chi connectivity index (χ0) is 12.8. The highest BCUT2D eigenvalue weighted by Crippen LogP contribution is 2.30. The van der Waals surface area contributed by atoms with Crippen LogP contribution in [0.2, 0.25) is 0 Å². The number of benzene rings is 1. The van der Waals surface area contributed by atoms with E-state index in [4.69, 9.17) is 14.2 Å². The zero-order valence-corrected chi connectivity index (χ0v) is 10.9. The van der Waals surface area contributed by atoms with Crippen molar-refractivity contribution >= 4 is 6.08 Å². The minimum absolute atomic E-state index is 0.266. The van der Waals surface area contributed by atoms with Gasteiger partial charge in [0.1, 0.15) is 11.5 Å². The molecular weight excluding hydrogens is 216 g/mol. The van der Waals surface area contributed by atoms with E-state index >= 15 is 0 Å². The van der Waals surface area contributed by atoms with Crippen LogP contribution in [0.3, 0.4) is 0 Å². The summed E-state index contributed by atoms with van der Waals surface area (Å²) < 4.78 is 16.3. The van der Waals surface area contributed by atoms with Gasteiger partial charge in [-0.05, 0) is 32.4 Å². The fourth-order valence-corrected chi connectivity index (χ4v) is 1.60. The van der Waals surface area contributed by atoms with Crippen molar-refractivity contribution in [3.05, 3.63) is 29.8 Å². The first-order valence-corrected chi connectivity index (χ1v) is 5.71. The van der Waals surface area contributed by atoms with E-state index in [1.165, 1.54) is 0 Å². The Hall–Kier alpha value is -1.48. The van der Waals surface area contributed by atoms with Crippen molar-refractivity contribution in [3.8, 4) is 11.5 Å². The first-order valence-electron chi connectivity index (χ1n) is 5.71. The molecule has 1 aromatic rings. The lowest BCUT2D eigenvalue weighted by molar-refractivity contribution is -0.0617. The molecule has 0 amide bonds. The average molecular weight is 236 g/mol. The second kappa shape index (κ2) is 6.30. The summed E-state index contributed by atoms with van der Waals surface area (Å²) in [7, 11) is 1.63. The maximum absolute atomic E-state index is 5.69. The summed E-state index contributed by atoms with van der Waals surface area (Å²) in [6, 6.07) is 3.85. The zero-order valence-electron chi connectivity index (χ0n) is 10.9. The Morgan fingerprint density at radius 2 is 2.06 bits per heavy atom. The van der Waals surface area contributed by atoms with E-state index in [2.05, 4.69) is 6.58 Å². The first kappa shape index (κ1) is 13.6. The average Bonchev–Trinajstić information content (AvgIpc) is 2.31. The summed E-state index contributed by atoms with van der Waals surface area (Å²) in [5, 5.41) is 0. The molecule has 3 heteroatoms. The van der Waals surface area contributed by atoms with Gasteiger partial charge in [0.05, 0.1) is 7.11 Å². The molecule has 0 aliphatic carbocycles. The van der Waals surface area contributed by atoms with Crippen LogP contribution < -0.4 is 9.47 Å². The molecule has 1 rings (SSSR count). The van der Waals surface area contributed by atoms with Gasteiger partial charge in [-0.1, -0.05) is 12.7 Å². The third kappa shape index (κ3) is 3.49. The molecule has 0 N–H and O–H groups in total. The summed E-state index contributed by atoms with van der Waals surface area (Å²) in [6.45, 7) is 10.2. The van der Waals surface area contributed by atoms with Gasteiger partial charge in [-0.3, -0.25) is 0 Å². The third-order valence-corrected chi connectivity index (χ3v) is 2.44. The van der Waals surface area contributed by atoms with Gasteiger partial charge in [0, 0.05) is 18.2 Å². The van der Waals surface area contributed by atoms with Gasteiger partial charge >= 0.3 is 0 Å². The second-order valence-electron chi connectivity index (χ2n) is 3.70. The minimum atomic E-state index is -0.266. The Balaban J connectivity index is 2.96. The topological polar surface area (TPSA) is 27.7 Å². The van der Waals surface area contributed by atoms with Crippen LogP contribution in [0.5, 0.6) is 11.5 Å². The number of aryl methyl sites for hydroxylation is 1. The number of hydrogen-bond donors (Lipinski definition) is 0. The minimum Gasteiger partial charge on any atom is -0.496 e. The van der Waals surface area contributed by atoms with E-state index in [-0.39, 0.29) is 6.29 Å². The highest BCUT2D eigenvalue weighted by atomic mass is 16.7. The molecule has 0 spiro atoms. The van der Waals surface area contributed by atoms with E-state index in [0.717, 1.165) is 22.6 Å². The fourth-order valence-electron chi connectivity index (χ4n) is 1.60. The first-order chi connectivity index (χ1) is 8.12. The normalized spacial score (nSPS) is 12.0. The lowest BCUT2D eigenvalue weighted by Crippen LogP contribution is -2.16. The predicted octanol–water partition coefficient (Wildman–Crippen LogP) is 3.41. The summed E-state index contributed by atoms with van der Waals surface area (Å²) in [4.78, 5) is 0. The molecule has 0 saturated carbocycles. The lowest BCUT2D eigenvalue weighted by atomic mass is 10.1. The summed E-state index contributed by atoms with van der Waals surface area (Å²) in [6.07, 6.45) is 1.50. The van der Waals surface area contributed by atoms with Crippen molar-refractivity contribution in [2.24, 2.45) is 0 Å². The molecule has 0 aliphatic heterocycles. The largest absolute Gasteiger partial charge is 0.496 e. The number of ether oxygens (including phenoxy) is 3. The van der Waals surface area contributed by atoms with Gasteiger partial charge in [0.2, 0.25) is 0 Å². The molecule has 0 saturated heterocycles. The molecule has 0 radical (unpaired) electrons. The highest BCUT2D eigenvalue weighted by molar-refractivity contribution is 5.60. The maximum atomic E-state index is 5.69. The molecule has 1 atom stereocenters. The monoisotopic (exact) mass is 236 g/mol. The summed E-state index contributed by atoms with van der Waals surface area (Å²) in [5.41, 5.74) is 1.99. The van der Waals surface area contributed by atoms with Crippen LogP contribution in [0.1, 0.15) is 25.0 Å². The SMILES string of the molecule is C=Cc1cc(C)c(OC(C)OCC)cc1OC. The van der Waals surface area contributed by atoms with Crippen LogP contribution in [0.15, 0.2) is 18.7 Å². The number of methoxy groups -OCH3 is 1. The lowest BCUT2D eigenvalue weighted by Gasteiger charge is -2.17. The van der Waals surface area contributed by atoms with Crippen LogP contribution in [0, 0.1) is 6.92 Å². The number of hydrogen-bond acceptors (Lipinski definition) is 3. The van der Waals surface area contributed by atoms with Crippen LogP contribution in [0.4, 0.5) is 0 Å². The van der Waals surface area contributed by atoms with E-state index in [1.54, 1.807) is 13.2 Å². The van der Waals surface area contributed by atoms with Crippen molar-refractivity contribution in [1.82, 2.24) is 0 Å². The molecule has 0 bridgehead atoms. The molecular formula is C14H20O3. The Kier molecular flexibility index (Phi) is 5.04. The number of rotatable bonds is 6. The van der Waals surface area contributed by atoms with Gasteiger partial charge in [-0.15, -0.1) is 0 Å². The molecule has 3 nitrogen and oxygen atoms in total. The molecule has 94 valence electrons. The van der Waals surface area contributed by atoms with Crippen LogP contribution >= 0.6 is 0 Å². The van der Waals surface area contributed by atoms with Crippen molar-refractivity contribution < 1.29 is 14.2 Å². The van der Waals surface area contributed by atoms with E-state index in [0.29, 0.717) is 6.61 Å². The summed E-state index contributed by atoms with van der Waals surface area (Å²) in [5.74, 6) is 1.53. The molecule has 17 heavy (non-hydrogen) atoms. The van der Waals surface area contributed by atoms with Crippen molar-refractivity contribution in [1.29, 1.82) is 0 Å². The van der Waals surface area contributed by atoms with Gasteiger partial charge in [-0.25, -0.2) is 0 Å². The maximum Gasteiger partial charge on any atom is 0.196 e. The van der Waals surface area contributed by atoms with E-state index in [1.807, 2.05) is 32.9 Å². The smallest absolute Gasteiger partial charge is 0.196 e. The Morgan fingerprint density at radius 1 is 1.35 bits per heavy atom. The predicted molar refractivity (Wildman–Crippen MR) is 69.5 cm³/mol. The van der Waals surface area contributed by atoms with Gasteiger partial charge in [0.25, 0.3) is 0 Å². The quantitative estimate of drug-likeness (QED) is 0.708. The van der Waals surface area contributed by atoms with Gasteiger partial charge in [-0.2, -0.15) is 0 Å². The van der Waals surface area contributed by atoms with Crippen LogP contribution in [-0.2, 0) is 4.74 Å². The van der Waals surface area contributed by atoms with Gasteiger partial charge in [0.15, 0.2) is 6.29 Å². The standard InChI is InChI=1S/C14H20O3/c1-6-12-8-10(3)13(9-14(12)15-5)17-11(4)16-7-2/h6,8-9,11H,1,7H2,2-5H3. The Bertz CT molecular complexity index is 385. The Labute approximate surface area is 103 Å². The summed E-state index contributed by atoms with van der Waals surface area (Å²) >= 11 is 0. The molecule has 1 unspecified atom stereocenters. The van der Waals surface area contributed by atoms with Crippen molar-refractivity contribution in [2.75, 3.05) is 13.7 Å². The third-order valence-electron chi connectivity index (χ3n) is 2.44. The van der Waals surface area contributed by atoms with E-state index in [9.17, 15) is 0 Å². The fraction of sp³-hybridized carbons (Fsp3) is 0.429. The second-order valence-corrected chi connectivity index (χ2v) is 3.70. The van der Waals surface area contributed by atoms with Crippen LogP contribution in [0.25, 0.3) is 6.08 Å². The van der Waals surface area contributed by atoms with Gasteiger partial charge < -0.3 is 14.2 Å². The molecule has 0 aliphatic rings. The molecule has 0 heterocycles.